The van der Waals surface area contributed by atoms with Crippen molar-refractivity contribution in [3.63, 3.8) is 0 Å². The van der Waals surface area contributed by atoms with E-state index in [0.717, 1.165) is 12.8 Å². The fourth-order valence-corrected chi connectivity index (χ4v) is 2.94. The molecule has 3 nitrogen and oxygen atoms in total. The fraction of sp³-hybridized carbons (Fsp3) is 0.235. The summed E-state index contributed by atoms with van der Waals surface area (Å²) in [6.45, 7) is 0. The van der Waals surface area contributed by atoms with Gasteiger partial charge in [0.1, 0.15) is 17.1 Å². The van der Waals surface area contributed by atoms with Gasteiger partial charge in [-0.25, -0.2) is 4.79 Å². The van der Waals surface area contributed by atoms with Crippen LogP contribution < -0.4 is 4.74 Å². The van der Waals surface area contributed by atoms with Crippen LogP contribution in [-0.4, -0.2) is 11.1 Å². The first-order chi connectivity index (χ1) is 10.1. The second-order valence-electron chi connectivity index (χ2n) is 5.16. The Kier molecular flexibility index (Phi) is 3.84. The lowest BCUT2D eigenvalue weighted by atomic mass is 9.92. The van der Waals surface area contributed by atoms with E-state index in [9.17, 15) is 9.90 Å². The Morgan fingerprint density at radius 2 is 1.86 bits per heavy atom. The van der Waals surface area contributed by atoms with Crippen molar-refractivity contribution in [1.82, 2.24) is 0 Å². The molecule has 0 aromatic heterocycles. The monoisotopic (exact) mass is 302 g/mol. The third-order valence-electron chi connectivity index (χ3n) is 3.74. The van der Waals surface area contributed by atoms with Gasteiger partial charge in [-0.05, 0) is 61.1 Å². The fourth-order valence-electron chi connectivity index (χ4n) is 2.70. The molecule has 0 fully saturated rings. The Hall–Kier alpha value is -2.00. The molecule has 1 aliphatic rings. The first-order valence-electron chi connectivity index (χ1n) is 6.96. The molecular formula is C17H15ClO3. The highest BCUT2D eigenvalue weighted by Crippen LogP contribution is 2.32. The van der Waals surface area contributed by atoms with Crippen LogP contribution in [0.2, 0.25) is 5.02 Å². The van der Waals surface area contributed by atoms with Crippen LogP contribution in [0.4, 0.5) is 0 Å². The van der Waals surface area contributed by atoms with Gasteiger partial charge in [-0.3, -0.25) is 0 Å². The molecule has 0 bridgehead atoms. The van der Waals surface area contributed by atoms with Gasteiger partial charge >= 0.3 is 5.97 Å². The summed E-state index contributed by atoms with van der Waals surface area (Å²) in [6.07, 6.45) is 4.57. The van der Waals surface area contributed by atoms with Gasteiger partial charge in [-0.2, -0.15) is 0 Å². The molecule has 1 N–H and O–H groups in total. The predicted octanol–water partition coefficient (Wildman–Crippen LogP) is 4.71. The van der Waals surface area contributed by atoms with Gasteiger partial charge < -0.3 is 9.84 Å². The molecule has 0 unspecified atom stereocenters. The smallest absolute Gasteiger partial charge is 0.341 e. The summed E-state index contributed by atoms with van der Waals surface area (Å²) >= 11 is 5.95. The number of fused-ring (bicyclic) bond motifs is 1. The summed E-state index contributed by atoms with van der Waals surface area (Å²) < 4.78 is 5.75. The molecule has 0 radical (unpaired) electrons. The Morgan fingerprint density at radius 3 is 2.62 bits per heavy atom. The summed E-state index contributed by atoms with van der Waals surface area (Å²) in [5, 5.41) is 9.43. The number of carboxylic acids is 1. The number of rotatable bonds is 3. The Labute approximate surface area is 128 Å². The van der Waals surface area contributed by atoms with Crippen LogP contribution in [0, 0.1) is 0 Å². The van der Waals surface area contributed by atoms with Crippen molar-refractivity contribution in [1.29, 1.82) is 0 Å². The second-order valence-corrected chi connectivity index (χ2v) is 5.57. The first kappa shape index (κ1) is 14.0. The van der Waals surface area contributed by atoms with Crippen LogP contribution in [0.25, 0.3) is 0 Å². The van der Waals surface area contributed by atoms with Gasteiger partial charge in [0.15, 0.2) is 0 Å². The lowest BCUT2D eigenvalue weighted by molar-refractivity contribution is 0.0694. The molecule has 0 aliphatic heterocycles. The highest BCUT2D eigenvalue weighted by molar-refractivity contribution is 6.33. The first-order valence-corrected chi connectivity index (χ1v) is 7.34. The van der Waals surface area contributed by atoms with Gasteiger partial charge in [0.05, 0.1) is 5.02 Å². The number of aromatic carboxylic acids is 1. The molecule has 3 rings (SSSR count). The third kappa shape index (κ3) is 2.88. The van der Waals surface area contributed by atoms with E-state index < -0.39 is 5.97 Å². The summed E-state index contributed by atoms with van der Waals surface area (Å²) in [7, 11) is 0. The van der Waals surface area contributed by atoms with Gasteiger partial charge in [-0.15, -0.1) is 0 Å². The van der Waals surface area contributed by atoms with E-state index in [-0.39, 0.29) is 16.3 Å². The minimum absolute atomic E-state index is 0.00288. The molecule has 108 valence electrons. The summed E-state index contributed by atoms with van der Waals surface area (Å²) in [5.74, 6) is -0.167. The van der Waals surface area contributed by atoms with E-state index in [1.807, 2.05) is 12.1 Å². The lowest BCUT2D eigenvalue weighted by Crippen LogP contribution is -2.04. The predicted molar refractivity (Wildman–Crippen MR) is 81.6 cm³/mol. The zero-order valence-corrected chi connectivity index (χ0v) is 12.2. The van der Waals surface area contributed by atoms with Crippen molar-refractivity contribution >= 4 is 17.6 Å². The highest BCUT2D eigenvalue weighted by Gasteiger charge is 2.17. The molecular weight excluding hydrogens is 288 g/mol. The Morgan fingerprint density at radius 1 is 1.10 bits per heavy atom. The number of carbonyl (C=O) groups is 1. The van der Waals surface area contributed by atoms with Crippen molar-refractivity contribution in [3.8, 4) is 11.5 Å². The van der Waals surface area contributed by atoms with Crippen LogP contribution in [0.15, 0.2) is 36.4 Å². The number of benzene rings is 2. The zero-order valence-electron chi connectivity index (χ0n) is 11.4. The Balaban J connectivity index is 1.94. The van der Waals surface area contributed by atoms with E-state index in [1.165, 1.54) is 24.0 Å². The molecule has 2 aromatic rings. The molecule has 1 aliphatic carbocycles. The van der Waals surface area contributed by atoms with Crippen molar-refractivity contribution in [2.45, 2.75) is 25.7 Å². The summed E-state index contributed by atoms with van der Waals surface area (Å²) in [4.78, 5) is 11.3. The minimum Gasteiger partial charge on any atom is -0.478 e. The number of carboxylic acid groups (broad SMARTS) is 1. The lowest BCUT2D eigenvalue weighted by Gasteiger charge is -2.17. The van der Waals surface area contributed by atoms with Crippen molar-refractivity contribution in [2.75, 3.05) is 0 Å². The zero-order chi connectivity index (χ0) is 14.8. The maximum Gasteiger partial charge on any atom is 0.341 e. The van der Waals surface area contributed by atoms with Crippen LogP contribution in [0.3, 0.4) is 0 Å². The second kappa shape index (κ2) is 5.78. The molecule has 21 heavy (non-hydrogen) atoms. The molecule has 4 heteroatoms. The number of hydrogen-bond acceptors (Lipinski definition) is 2. The van der Waals surface area contributed by atoms with Crippen molar-refractivity contribution in [3.05, 3.63) is 58.1 Å². The average molecular weight is 303 g/mol. The SMILES string of the molecule is O=C(O)c1c(Cl)cccc1Oc1ccc2c(c1)CCCC2. The summed E-state index contributed by atoms with van der Waals surface area (Å²) in [6, 6.07) is 10.8. The van der Waals surface area contributed by atoms with E-state index >= 15 is 0 Å². The number of aryl methyl sites for hydroxylation is 2. The topological polar surface area (TPSA) is 46.5 Å². The molecule has 0 saturated carbocycles. The number of ether oxygens (including phenoxy) is 1. The third-order valence-corrected chi connectivity index (χ3v) is 4.05. The maximum atomic E-state index is 11.3. The van der Waals surface area contributed by atoms with Gasteiger partial charge in [0, 0.05) is 0 Å². The van der Waals surface area contributed by atoms with E-state index in [4.69, 9.17) is 16.3 Å². The number of hydrogen-bond donors (Lipinski definition) is 1. The van der Waals surface area contributed by atoms with Crippen LogP contribution in [-0.2, 0) is 12.8 Å². The maximum absolute atomic E-state index is 11.3. The van der Waals surface area contributed by atoms with Gasteiger partial charge in [-0.1, -0.05) is 23.7 Å². The van der Waals surface area contributed by atoms with Gasteiger partial charge in [0.2, 0.25) is 0 Å². The molecule has 2 aromatic carbocycles. The molecule has 0 spiro atoms. The Bertz CT molecular complexity index is 694. The molecule has 0 heterocycles. The normalized spacial score (nSPS) is 13.6. The van der Waals surface area contributed by atoms with E-state index in [0.29, 0.717) is 5.75 Å². The van der Waals surface area contributed by atoms with Crippen molar-refractivity contribution < 1.29 is 14.6 Å². The average Bonchev–Trinajstić information content (AvgIpc) is 2.47. The standard InChI is InChI=1S/C17H15ClO3/c18-14-6-3-7-15(16(14)17(19)20)21-13-9-8-11-4-1-2-5-12(11)10-13/h3,6-10H,1-2,4-5H2,(H,19,20). The number of halogens is 1. The quantitative estimate of drug-likeness (QED) is 0.893. The molecule has 0 amide bonds. The van der Waals surface area contributed by atoms with Gasteiger partial charge in [0.25, 0.3) is 0 Å². The van der Waals surface area contributed by atoms with Crippen LogP contribution >= 0.6 is 11.6 Å². The van der Waals surface area contributed by atoms with Crippen LogP contribution in [0.5, 0.6) is 11.5 Å². The largest absolute Gasteiger partial charge is 0.478 e. The van der Waals surface area contributed by atoms with E-state index in [1.54, 1.807) is 18.2 Å². The molecule has 0 atom stereocenters. The minimum atomic E-state index is -1.09. The van der Waals surface area contributed by atoms with Crippen molar-refractivity contribution in [2.24, 2.45) is 0 Å². The molecule has 0 saturated heterocycles. The van der Waals surface area contributed by atoms with Crippen LogP contribution in [0.1, 0.15) is 34.3 Å². The highest BCUT2D eigenvalue weighted by atomic mass is 35.5. The summed E-state index contributed by atoms with van der Waals surface area (Å²) in [5.41, 5.74) is 2.65. The van der Waals surface area contributed by atoms with E-state index in [2.05, 4.69) is 6.07 Å².